The second kappa shape index (κ2) is 4.40. The Bertz CT molecular complexity index is 492. The molecule has 2 aromatic heterocycles. The molecule has 0 radical (unpaired) electrons. The van der Waals surface area contributed by atoms with E-state index in [1.54, 1.807) is 12.4 Å². The first-order chi connectivity index (χ1) is 7.76. The van der Waals surface area contributed by atoms with Gasteiger partial charge in [-0.05, 0) is 6.07 Å². The summed E-state index contributed by atoms with van der Waals surface area (Å²) in [6.45, 7) is 2.26. The van der Waals surface area contributed by atoms with Crippen molar-refractivity contribution < 1.29 is 4.39 Å². The zero-order chi connectivity index (χ0) is 11.5. The van der Waals surface area contributed by atoms with E-state index < -0.39 is 0 Å². The van der Waals surface area contributed by atoms with Crippen LogP contribution in [0.1, 0.15) is 18.3 Å². The van der Waals surface area contributed by atoms with Crippen LogP contribution in [-0.4, -0.2) is 14.5 Å². The van der Waals surface area contributed by atoms with E-state index in [-0.39, 0.29) is 12.4 Å². The molecule has 0 fully saturated rings. The Morgan fingerprint density at radius 1 is 1.44 bits per heavy atom. The van der Waals surface area contributed by atoms with Crippen LogP contribution in [0.25, 0.3) is 5.82 Å². The summed E-state index contributed by atoms with van der Waals surface area (Å²) in [5.41, 5.74) is 6.25. The third-order valence-electron chi connectivity index (χ3n) is 2.39. The molecule has 0 spiro atoms. The molecular weight excluding hydrogens is 207 g/mol. The molecule has 2 rings (SSSR count). The molecule has 0 saturated heterocycles. The van der Waals surface area contributed by atoms with E-state index >= 15 is 0 Å². The molecule has 16 heavy (non-hydrogen) atoms. The predicted molar refractivity (Wildman–Crippen MR) is 58.6 cm³/mol. The molecule has 0 aliphatic carbocycles. The summed E-state index contributed by atoms with van der Waals surface area (Å²) in [7, 11) is 0. The van der Waals surface area contributed by atoms with Crippen molar-refractivity contribution in [1.82, 2.24) is 14.5 Å². The molecule has 0 amide bonds. The van der Waals surface area contributed by atoms with E-state index in [2.05, 4.69) is 9.97 Å². The smallest absolute Gasteiger partial charge is 0.142 e. The Morgan fingerprint density at radius 2 is 2.25 bits per heavy atom. The van der Waals surface area contributed by atoms with Crippen LogP contribution < -0.4 is 5.73 Å². The fourth-order valence-corrected chi connectivity index (χ4v) is 1.63. The van der Waals surface area contributed by atoms with Crippen LogP contribution in [0, 0.1) is 5.82 Å². The summed E-state index contributed by atoms with van der Waals surface area (Å²) in [4.78, 5) is 8.27. The van der Waals surface area contributed by atoms with Crippen LogP contribution in [-0.2, 0) is 13.0 Å². The molecule has 0 saturated carbocycles. The van der Waals surface area contributed by atoms with Crippen molar-refractivity contribution in [3.63, 3.8) is 0 Å². The van der Waals surface area contributed by atoms with Crippen molar-refractivity contribution in [2.75, 3.05) is 0 Å². The SMILES string of the molecule is CCc1nccn1-c1ncc(F)cc1CN. The molecule has 84 valence electrons. The zero-order valence-electron chi connectivity index (χ0n) is 9.02. The van der Waals surface area contributed by atoms with Crippen molar-refractivity contribution >= 4 is 0 Å². The first kappa shape index (κ1) is 10.8. The van der Waals surface area contributed by atoms with Crippen LogP contribution in [0.4, 0.5) is 4.39 Å². The van der Waals surface area contributed by atoms with Gasteiger partial charge in [-0.1, -0.05) is 6.92 Å². The minimum absolute atomic E-state index is 0.251. The van der Waals surface area contributed by atoms with Crippen molar-refractivity contribution in [3.05, 3.63) is 41.9 Å². The van der Waals surface area contributed by atoms with E-state index in [0.29, 0.717) is 11.4 Å². The lowest BCUT2D eigenvalue weighted by atomic mass is 10.2. The molecule has 2 N–H and O–H groups in total. The van der Waals surface area contributed by atoms with Gasteiger partial charge in [0, 0.05) is 30.9 Å². The number of aryl methyl sites for hydroxylation is 1. The second-order valence-electron chi connectivity index (χ2n) is 3.41. The van der Waals surface area contributed by atoms with Crippen LogP contribution in [0.3, 0.4) is 0 Å². The van der Waals surface area contributed by atoms with Gasteiger partial charge in [-0.2, -0.15) is 0 Å². The topological polar surface area (TPSA) is 56.7 Å². The normalized spacial score (nSPS) is 10.7. The van der Waals surface area contributed by atoms with Crippen LogP contribution in [0.5, 0.6) is 0 Å². The molecule has 4 nitrogen and oxygen atoms in total. The van der Waals surface area contributed by atoms with E-state index in [4.69, 9.17) is 5.73 Å². The standard InChI is InChI=1S/C11H13FN4/c1-2-10-14-3-4-16(10)11-8(6-13)5-9(12)7-15-11/h3-5,7H,2,6,13H2,1H3. The predicted octanol–water partition coefficient (Wildman–Crippen LogP) is 1.43. The van der Waals surface area contributed by atoms with Crippen molar-refractivity contribution in [2.24, 2.45) is 5.73 Å². The maximum Gasteiger partial charge on any atom is 0.142 e. The number of imidazole rings is 1. The van der Waals surface area contributed by atoms with Crippen molar-refractivity contribution in [2.45, 2.75) is 19.9 Å². The lowest BCUT2D eigenvalue weighted by molar-refractivity contribution is 0.616. The molecule has 0 unspecified atom stereocenters. The van der Waals surface area contributed by atoms with E-state index in [0.717, 1.165) is 12.2 Å². The molecule has 0 atom stereocenters. The fraction of sp³-hybridized carbons (Fsp3) is 0.273. The number of rotatable bonds is 3. The first-order valence-electron chi connectivity index (χ1n) is 5.13. The Kier molecular flexibility index (Phi) is 2.96. The van der Waals surface area contributed by atoms with Crippen LogP contribution in [0.2, 0.25) is 0 Å². The summed E-state index contributed by atoms with van der Waals surface area (Å²) in [6.07, 6.45) is 5.48. The quantitative estimate of drug-likeness (QED) is 0.851. The van der Waals surface area contributed by atoms with Crippen molar-refractivity contribution in [3.8, 4) is 5.82 Å². The highest BCUT2D eigenvalue weighted by molar-refractivity contribution is 5.35. The molecule has 2 aromatic rings. The number of pyridine rings is 1. The summed E-state index contributed by atoms with van der Waals surface area (Å²) in [5.74, 6) is 1.16. The van der Waals surface area contributed by atoms with Gasteiger partial charge in [-0.15, -0.1) is 0 Å². The molecule has 0 aliphatic heterocycles. The van der Waals surface area contributed by atoms with Gasteiger partial charge >= 0.3 is 0 Å². The molecule has 2 heterocycles. The van der Waals surface area contributed by atoms with E-state index in [9.17, 15) is 4.39 Å². The highest BCUT2D eigenvalue weighted by Crippen LogP contribution is 2.14. The number of halogens is 1. The number of hydrogen-bond acceptors (Lipinski definition) is 3. The van der Waals surface area contributed by atoms with Gasteiger partial charge in [0.25, 0.3) is 0 Å². The lowest BCUT2D eigenvalue weighted by Gasteiger charge is -2.09. The summed E-state index contributed by atoms with van der Waals surface area (Å²) < 4.78 is 14.9. The van der Waals surface area contributed by atoms with E-state index in [1.807, 2.05) is 11.5 Å². The van der Waals surface area contributed by atoms with Crippen LogP contribution in [0.15, 0.2) is 24.7 Å². The van der Waals surface area contributed by atoms with Gasteiger partial charge in [-0.25, -0.2) is 14.4 Å². The van der Waals surface area contributed by atoms with Crippen molar-refractivity contribution in [1.29, 1.82) is 0 Å². The second-order valence-corrected chi connectivity index (χ2v) is 3.41. The molecule has 0 aliphatic rings. The first-order valence-corrected chi connectivity index (χ1v) is 5.13. The van der Waals surface area contributed by atoms with E-state index in [1.165, 1.54) is 12.3 Å². The molecule has 5 heteroatoms. The largest absolute Gasteiger partial charge is 0.326 e. The number of aromatic nitrogens is 3. The Labute approximate surface area is 92.9 Å². The summed E-state index contributed by atoms with van der Waals surface area (Å²) in [6, 6.07) is 1.40. The van der Waals surface area contributed by atoms with Gasteiger partial charge < -0.3 is 5.73 Å². The fourth-order valence-electron chi connectivity index (χ4n) is 1.63. The summed E-state index contributed by atoms with van der Waals surface area (Å²) in [5, 5.41) is 0. The van der Waals surface area contributed by atoms with Gasteiger partial charge in [-0.3, -0.25) is 4.57 Å². The van der Waals surface area contributed by atoms with Gasteiger partial charge in [0.05, 0.1) is 6.20 Å². The highest BCUT2D eigenvalue weighted by Gasteiger charge is 2.09. The minimum Gasteiger partial charge on any atom is -0.326 e. The molecule has 0 aromatic carbocycles. The van der Waals surface area contributed by atoms with Crippen LogP contribution >= 0.6 is 0 Å². The number of nitrogens with two attached hydrogens (primary N) is 1. The number of nitrogens with zero attached hydrogens (tertiary/aromatic N) is 3. The Hall–Kier alpha value is -1.75. The maximum absolute atomic E-state index is 13.0. The van der Waals surface area contributed by atoms with Gasteiger partial charge in [0.15, 0.2) is 0 Å². The van der Waals surface area contributed by atoms with Gasteiger partial charge in [0.1, 0.15) is 17.5 Å². The molecule has 0 bridgehead atoms. The minimum atomic E-state index is -0.373. The average molecular weight is 220 g/mol. The maximum atomic E-state index is 13.0. The Balaban J connectivity index is 2.55. The Morgan fingerprint density at radius 3 is 2.94 bits per heavy atom. The summed E-state index contributed by atoms with van der Waals surface area (Å²) >= 11 is 0. The zero-order valence-corrected chi connectivity index (χ0v) is 9.02. The third-order valence-corrected chi connectivity index (χ3v) is 2.39. The number of hydrogen-bond donors (Lipinski definition) is 1. The third kappa shape index (κ3) is 1.81. The lowest BCUT2D eigenvalue weighted by Crippen LogP contribution is -2.09. The van der Waals surface area contributed by atoms with Gasteiger partial charge in [0.2, 0.25) is 0 Å². The highest BCUT2D eigenvalue weighted by atomic mass is 19.1. The monoisotopic (exact) mass is 220 g/mol. The molecular formula is C11H13FN4. The average Bonchev–Trinajstić information content (AvgIpc) is 2.76.